The molecule has 0 aliphatic carbocycles. The molecule has 0 aromatic heterocycles. The van der Waals surface area contributed by atoms with Crippen LogP contribution in [0.4, 0.5) is 0 Å². The molecule has 5 nitrogen and oxygen atoms in total. The van der Waals surface area contributed by atoms with Crippen molar-refractivity contribution in [3.8, 4) is 0 Å². The molecule has 0 saturated carbocycles. The number of esters is 2. The Morgan fingerprint density at radius 3 is 1.70 bits per heavy atom. The predicted molar refractivity (Wildman–Crippen MR) is 107 cm³/mol. The van der Waals surface area contributed by atoms with Gasteiger partial charge in [0.15, 0.2) is 0 Å². The van der Waals surface area contributed by atoms with Crippen LogP contribution >= 0.6 is 0 Å². The molecule has 0 aliphatic heterocycles. The Hall–Kier alpha value is -1.65. The predicted octanol–water partition coefficient (Wildman–Crippen LogP) is 5.96. The van der Waals surface area contributed by atoms with Crippen molar-refractivity contribution in [1.29, 1.82) is 0 Å². The van der Waals surface area contributed by atoms with Crippen LogP contribution in [0, 0.1) is 0 Å². The molecular formula is C22H38O5. The number of rotatable bonds is 18. The standard InChI is InChI=1S/C22H38O5/c1-2-3-4-5-6-7-8-9-10-11-12-13-14-15-16-17-21(25)27-22(26)19-18-20(23)24/h16-17H,2-15,18-19H2,1H3,(H,23,24). The molecule has 5 heteroatoms. The summed E-state index contributed by atoms with van der Waals surface area (Å²) in [4.78, 5) is 32.8. The SMILES string of the molecule is CCCCCCCCCCCCCCCC=CC(=O)OC(=O)CCC(=O)O. The Balaban J connectivity index is 3.36. The van der Waals surface area contributed by atoms with Crippen molar-refractivity contribution in [2.45, 2.75) is 110 Å². The topological polar surface area (TPSA) is 80.7 Å². The van der Waals surface area contributed by atoms with Gasteiger partial charge in [0, 0.05) is 6.08 Å². The van der Waals surface area contributed by atoms with Crippen molar-refractivity contribution in [3.63, 3.8) is 0 Å². The fraction of sp³-hybridized carbons (Fsp3) is 0.773. The van der Waals surface area contributed by atoms with Gasteiger partial charge in [-0.05, 0) is 12.8 Å². The number of carboxylic acid groups (broad SMARTS) is 1. The van der Waals surface area contributed by atoms with Crippen molar-refractivity contribution >= 4 is 17.9 Å². The molecule has 0 amide bonds. The van der Waals surface area contributed by atoms with Crippen molar-refractivity contribution in [1.82, 2.24) is 0 Å². The first-order valence-corrected chi connectivity index (χ1v) is 10.7. The van der Waals surface area contributed by atoms with Crippen molar-refractivity contribution in [3.05, 3.63) is 12.2 Å². The molecule has 0 rings (SSSR count). The highest BCUT2D eigenvalue weighted by Crippen LogP contribution is 2.13. The van der Waals surface area contributed by atoms with E-state index in [1.807, 2.05) is 0 Å². The summed E-state index contributed by atoms with van der Waals surface area (Å²) in [5.74, 6) is -2.61. The van der Waals surface area contributed by atoms with Crippen LogP contribution in [0.15, 0.2) is 12.2 Å². The van der Waals surface area contributed by atoms with Crippen LogP contribution in [0.5, 0.6) is 0 Å². The maximum Gasteiger partial charge on any atom is 0.338 e. The van der Waals surface area contributed by atoms with Gasteiger partial charge in [0.2, 0.25) is 0 Å². The average molecular weight is 383 g/mol. The fourth-order valence-corrected chi connectivity index (χ4v) is 2.87. The molecule has 27 heavy (non-hydrogen) atoms. The van der Waals surface area contributed by atoms with Gasteiger partial charge < -0.3 is 9.84 Å². The maximum absolute atomic E-state index is 11.4. The van der Waals surface area contributed by atoms with Crippen LogP contribution in [0.1, 0.15) is 110 Å². The molecule has 0 fully saturated rings. The van der Waals surface area contributed by atoms with E-state index in [-0.39, 0.29) is 12.8 Å². The van der Waals surface area contributed by atoms with Crippen LogP contribution in [0.3, 0.4) is 0 Å². The highest BCUT2D eigenvalue weighted by molar-refractivity contribution is 5.92. The molecule has 0 unspecified atom stereocenters. The molecule has 0 saturated heterocycles. The van der Waals surface area contributed by atoms with Gasteiger partial charge in [-0.25, -0.2) is 4.79 Å². The van der Waals surface area contributed by atoms with Crippen LogP contribution < -0.4 is 0 Å². The molecule has 0 aromatic carbocycles. The Morgan fingerprint density at radius 2 is 1.22 bits per heavy atom. The molecule has 1 N–H and O–H groups in total. The summed E-state index contributed by atoms with van der Waals surface area (Å²) in [6.45, 7) is 2.25. The summed E-state index contributed by atoms with van der Waals surface area (Å²) in [6, 6.07) is 0. The molecular weight excluding hydrogens is 344 g/mol. The Kier molecular flexibility index (Phi) is 18.0. The Morgan fingerprint density at radius 1 is 0.741 bits per heavy atom. The zero-order chi connectivity index (χ0) is 20.2. The lowest BCUT2D eigenvalue weighted by Gasteiger charge is -2.02. The summed E-state index contributed by atoms with van der Waals surface area (Å²) in [5, 5.41) is 8.44. The third-order valence-electron chi connectivity index (χ3n) is 4.49. The zero-order valence-corrected chi connectivity index (χ0v) is 17.0. The number of ether oxygens (including phenoxy) is 1. The third kappa shape index (κ3) is 20.5. The first-order chi connectivity index (χ1) is 13.1. The van der Waals surface area contributed by atoms with Crippen LogP contribution in [0.25, 0.3) is 0 Å². The van der Waals surface area contributed by atoms with Gasteiger partial charge >= 0.3 is 17.9 Å². The highest BCUT2D eigenvalue weighted by Gasteiger charge is 2.09. The molecule has 156 valence electrons. The smallest absolute Gasteiger partial charge is 0.338 e. The van der Waals surface area contributed by atoms with E-state index in [2.05, 4.69) is 11.7 Å². The summed E-state index contributed by atoms with van der Waals surface area (Å²) in [5.41, 5.74) is 0. The van der Waals surface area contributed by atoms with E-state index in [0.717, 1.165) is 19.3 Å². The number of carboxylic acids is 1. The van der Waals surface area contributed by atoms with E-state index < -0.39 is 17.9 Å². The van der Waals surface area contributed by atoms with Gasteiger partial charge in [-0.2, -0.15) is 0 Å². The van der Waals surface area contributed by atoms with E-state index >= 15 is 0 Å². The first kappa shape index (κ1) is 25.4. The maximum atomic E-state index is 11.4. The van der Waals surface area contributed by atoms with Crippen LogP contribution in [0.2, 0.25) is 0 Å². The molecule has 0 atom stereocenters. The van der Waals surface area contributed by atoms with Crippen molar-refractivity contribution in [2.24, 2.45) is 0 Å². The molecule has 0 radical (unpaired) electrons. The van der Waals surface area contributed by atoms with E-state index in [9.17, 15) is 14.4 Å². The van der Waals surface area contributed by atoms with Crippen molar-refractivity contribution in [2.75, 3.05) is 0 Å². The first-order valence-electron chi connectivity index (χ1n) is 10.7. The Labute approximate surface area is 164 Å². The minimum atomic E-state index is -1.09. The largest absolute Gasteiger partial charge is 0.481 e. The number of allylic oxidation sites excluding steroid dienone is 1. The molecule has 0 aliphatic rings. The van der Waals surface area contributed by atoms with Gasteiger partial charge in [0.25, 0.3) is 0 Å². The number of carbonyl (C=O) groups is 3. The van der Waals surface area contributed by atoms with Gasteiger partial charge in [-0.3, -0.25) is 9.59 Å². The molecule has 0 heterocycles. The third-order valence-corrected chi connectivity index (χ3v) is 4.49. The molecule has 0 bridgehead atoms. The summed E-state index contributed by atoms with van der Waals surface area (Å²) >= 11 is 0. The van der Waals surface area contributed by atoms with E-state index in [1.54, 1.807) is 6.08 Å². The normalized spacial score (nSPS) is 11.0. The van der Waals surface area contributed by atoms with E-state index in [4.69, 9.17) is 5.11 Å². The summed E-state index contributed by atoms with van der Waals surface area (Å²) in [7, 11) is 0. The minimum Gasteiger partial charge on any atom is -0.481 e. The highest BCUT2D eigenvalue weighted by atomic mass is 16.6. The zero-order valence-electron chi connectivity index (χ0n) is 17.0. The van der Waals surface area contributed by atoms with Crippen LogP contribution in [-0.2, 0) is 19.1 Å². The van der Waals surface area contributed by atoms with E-state index in [0.29, 0.717) is 0 Å². The lowest BCUT2D eigenvalue weighted by molar-refractivity contribution is -0.157. The second kappa shape index (κ2) is 19.1. The lowest BCUT2D eigenvalue weighted by atomic mass is 10.0. The number of hydrogen-bond donors (Lipinski definition) is 1. The lowest BCUT2D eigenvalue weighted by Crippen LogP contribution is -2.11. The number of unbranched alkanes of at least 4 members (excludes halogenated alkanes) is 13. The minimum absolute atomic E-state index is 0.284. The Bertz CT molecular complexity index is 428. The average Bonchev–Trinajstić information content (AvgIpc) is 2.63. The summed E-state index contributed by atoms with van der Waals surface area (Å²) in [6.07, 6.45) is 20.1. The van der Waals surface area contributed by atoms with E-state index in [1.165, 1.54) is 76.7 Å². The number of carbonyl (C=O) groups excluding carboxylic acids is 2. The number of hydrogen-bond acceptors (Lipinski definition) is 4. The van der Waals surface area contributed by atoms with Gasteiger partial charge in [0.05, 0.1) is 12.8 Å². The second-order valence-corrected chi connectivity index (χ2v) is 7.12. The van der Waals surface area contributed by atoms with Gasteiger partial charge in [-0.1, -0.05) is 90.0 Å². The molecule has 0 spiro atoms. The van der Waals surface area contributed by atoms with Gasteiger partial charge in [0.1, 0.15) is 0 Å². The van der Waals surface area contributed by atoms with Crippen molar-refractivity contribution < 1.29 is 24.2 Å². The fourth-order valence-electron chi connectivity index (χ4n) is 2.87. The monoisotopic (exact) mass is 382 g/mol. The quantitative estimate of drug-likeness (QED) is 0.137. The number of aliphatic carboxylic acids is 1. The van der Waals surface area contributed by atoms with Gasteiger partial charge in [-0.15, -0.1) is 0 Å². The summed E-state index contributed by atoms with van der Waals surface area (Å²) < 4.78 is 4.49. The molecule has 0 aromatic rings. The second-order valence-electron chi connectivity index (χ2n) is 7.12. The van der Waals surface area contributed by atoms with Crippen LogP contribution in [-0.4, -0.2) is 23.0 Å².